The maximum atomic E-state index is 12.7. The van der Waals surface area contributed by atoms with Gasteiger partial charge in [0, 0.05) is 44.7 Å². The molecule has 0 aliphatic carbocycles. The molecule has 8 nitrogen and oxygen atoms in total. The number of hydrogen-bond acceptors (Lipinski definition) is 5. The second kappa shape index (κ2) is 6.66. The molecule has 3 aliphatic rings. The number of nitrogens with one attached hydrogen (secondary N) is 2. The second-order valence-electron chi connectivity index (χ2n) is 7.59. The summed E-state index contributed by atoms with van der Waals surface area (Å²) in [6.45, 7) is 4.28. The van der Waals surface area contributed by atoms with Crippen LogP contribution in [0.15, 0.2) is 6.33 Å². The zero-order valence-corrected chi connectivity index (χ0v) is 15.2. The molecule has 8 heteroatoms. The number of nitrogens with zero attached hydrogens (tertiary/aromatic N) is 3. The molecule has 4 rings (SSSR count). The predicted octanol–water partition coefficient (Wildman–Crippen LogP) is -0.255. The first-order valence-corrected chi connectivity index (χ1v) is 9.58. The topological polar surface area (TPSA) is 102 Å². The summed E-state index contributed by atoms with van der Waals surface area (Å²) in [6.07, 6.45) is 4.44. The average Bonchev–Trinajstić information content (AvgIpc) is 3.31. The van der Waals surface area contributed by atoms with Gasteiger partial charge in [0.2, 0.25) is 11.8 Å². The molecule has 0 radical (unpaired) electrons. The number of H-pyrrole nitrogens is 1. The van der Waals surface area contributed by atoms with Crippen LogP contribution in [-0.4, -0.2) is 75.0 Å². The van der Waals surface area contributed by atoms with E-state index in [1.165, 1.54) is 0 Å². The second-order valence-corrected chi connectivity index (χ2v) is 7.59. The van der Waals surface area contributed by atoms with E-state index >= 15 is 0 Å². The lowest BCUT2D eigenvalue weighted by Gasteiger charge is -2.50. The molecular weight excluding hydrogens is 334 g/mol. The summed E-state index contributed by atoms with van der Waals surface area (Å²) >= 11 is 0. The maximum Gasteiger partial charge on any atom is 0.239 e. The van der Waals surface area contributed by atoms with Gasteiger partial charge in [-0.2, -0.15) is 0 Å². The van der Waals surface area contributed by atoms with Crippen molar-refractivity contribution >= 4 is 11.8 Å². The quantitative estimate of drug-likeness (QED) is 0.674. The molecule has 3 N–H and O–H groups in total. The van der Waals surface area contributed by atoms with Crippen molar-refractivity contribution in [3.8, 4) is 0 Å². The van der Waals surface area contributed by atoms with Gasteiger partial charge >= 0.3 is 0 Å². The lowest BCUT2D eigenvalue weighted by molar-refractivity contribution is -0.144. The summed E-state index contributed by atoms with van der Waals surface area (Å²) in [6, 6.07) is -0.292. The Labute approximate surface area is 153 Å². The van der Waals surface area contributed by atoms with Gasteiger partial charge in [0.15, 0.2) is 0 Å². The Morgan fingerprint density at radius 2 is 2.12 bits per heavy atom. The number of carbonyl (C=O) groups is 2. The minimum absolute atomic E-state index is 0.0582. The fourth-order valence-corrected chi connectivity index (χ4v) is 4.76. The summed E-state index contributed by atoms with van der Waals surface area (Å²) in [4.78, 5) is 37.0. The van der Waals surface area contributed by atoms with Crippen molar-refractivity contribution < 1.29 is 14.7 Å². The lowest BCUT2D eigenvalue weighted by Crippen LogP contribution is -2.59. The van der Waals surface area contributed by atoms with E-state index in [1.807, 2.05) is 16.7 Å². The summed E-state index contributed by atoms with van der Waals surface area (Å²) in [5, 5.41) is 12.8. The number of hydrogen-bond donors (Lipinski definition) is 3. The Kier molecular flexibility index (Phi) is 4.48. The average molecular weight is 361 g/mol. The number of β-amino-alcohol motifs (C(OH)–C–C–N with tert-alkyl or cyclic N) is 1. The molecular formula is C18H27N5O3. The summed E-state index contributed by atoms with van der Waals surface area (Å²) in [7, 11) is 0. The molecule has 0 aromatic carbocycles. The minimum Gasteiger partial charge on any atom is -0.392 e. The van der Waals surface area contributed by atoms with Crippen LogP contribution in [0.1, 0.15) is 44.0 Å². The van der Waals surface area contributed by atoms with Crippen molar-refractivity contribution in [2.45, 2.75) is 56.7 Å². The third kappa shape index (κ3) is 2.72. The third-order valence-electron chi connectivity index (χ3n) is 6.17. The Morgan fingerprint density at radius 3 is 2.77 bits per heavy atom. The van der Waals surface area contributed by atoms with Crippen LogP contribution in [0.2, 0.25) is 0 Å². The van der Waals surface area contributed by atoms with Crippen LogP contribution in [0, 0.1) is 0 Å². The molecule has 0 saturated carbocycles. The number of likely N-dealkylation sites (tertiary alicyclic amines) is 1. The van der Waals surface area contributed by atoms with Crippen molar-refractivity contribution in [1.29, 1.82) is 0 Å². The molecule has 142 valence electrons. The SMILES string of the molecule is CCC(=O)N1CCc2[nH]cnc2C12CCN(C(=O)[C@@H]1C[C@@H](O)CN1)CC2. The van der Waals surface area contributed by atoms with Crippen molar-refractivity contribution in [3.05, 3.63) is 17.7 Å². The van der Waals surface area contributed by atoms with Crippen LogP contribution >= 0.6 is 0 Å². The first kappa shape index (κ1) is 17.5. The number of aromatic amines is 1. The van der Waals surface area contributed by atoms with Gasteiger partial charge in [-0.1, -0.05) is 6.92 Å². The number of carbonyl (C=O) groups excluding carboxylic acids is 2. The molecule has 1 spiro atoms. The van der Waals surface area contributed by atoms with Crippen molar-refractivity contribution in [3.63, 3.8) is 0 Å². The molecule has 2 fully saturated rings. The van der Waals surface area contributed by atoms with Crippen LogP contribution < -0.4 is 5.32 Å². The summed E-state index contributed by atoms with van der Waals surface area (Å²) in [5.41, 5.74) is 1.69. The first-order valence-electron chi connectivity index (χ1n) is 9.58. The van der Waals surface area contributed by atoms with Gasteiger partial charge in [-0.3, -0.25) is 9.59 Å². The highest BCUT2D eigenvalue weighted by Crippen LogP contribution is 2.42. The number of aromatic nitrogens is 2. The lowest BCUT2D eigenvalue weighted by atomic mass is 9.78. The number of piperidine rings is 1. The van der Waals surface area contributed by atoms with Crippen LogP contribution in [-0.2, 0) is 21.5 Å². The number of fused-ring (bicyclic) bond motifs is 2. The molecule has 2 atom stereocenters. The molecule has 26 heavy (non-hydrogen) atoms. The largest absolute Gasteiger partial charge is 0.392 e. The molecule has 1 aromatic heterocycles. The Morgan fingerprint density at radius 1 is 1.35 bits per heavy atom. The van der Waals surface area contributed by atoms with E-state index < -0.39 is 11.6 Å². The van der Waals surface area contributed by atoms with E-state index in [2.05, 4.69) is 15.3 Å². The van der Waals surface area contributed by atoms with Gasteiger partial charge in [0.1, 0.15) is 0 Å². The smallest absolute Gasteiger partial charge is 0.239 e. The fourth-order valence-electron chi connectivity index (χ4n) is 4.76. The summed E-state index contributed by atoms with van der Waals surface area (Å²) < 4.78 is 0. The highest BCUT2D eigenvalue weighted by atomic mass is 16.3. The molecule has 3 aliphatic heterocycles. The Balaban J connectivity index is 1.54. The van der Waals surface area contributed by atoms with E-state index in [1.54, 1.807) is 6.33 Å². The number of aliphatic hydroxyl groups is 1. The molecule has 2 saturated heterocycles. The van der Waals surface area contributed by atoms with Crippen molar-refractivity contribution in [2.24, 2.45) is 0 Å². The number of aliphatic hydroxyl groups excluding tert-OH is 1. The predicted molar refractivity (Wildman–Crippen MR) is 94.2 cm³/mol. The van der Waals surface area contributed by atoms with Gasteiger partial charge in [0.25, 0.3) is 0 Å². The Hall–Kier alpha value is -1.93. The highest BCUT2D eigenvalue weighted by molar-refractivity contribution is 5.82. The summed E-state index contributed by atoms with van der Waals surface area (Å²) in [5.74, 6) is 0.210. The van der Waals surface area contributed by atoms with Crippen LogP contribution in [0.4, 0.5) is 0 Å². The third-order valence-corrected chi connectivity index (χ3v) is 6.17. The van der Waals surface area contributed by atoms with Gasteiger partial charge in [0.05, 0.1) is 29.7 Å². The molecule has 2 amide bonds. The minimum atomic E-state index is -0.442. The van der Waals surface area contributed by atoms with E-state index in [0.717, 1.165) is 17.8 Å². The molecule has 4 heterocycles. The zero-order valence-electron chi connectivity index (χ0n) is 15.2. The molecule has 0 bridgehead atoms. The highest BCUT2D eigenvalue weighted by Gasteiger charge is 2.49. The van der Waals surface area contributed by atoms with Gasteiger partial charge < -0.3 is 25.2 Å². The number of amides is 2. The van der Waals surface area contributed by atoms with Gasteiger partial charge in [-0.15, -0.1) is 0 Å². The van der Waals surface area contributed by atoms with E-state index in [9.17, 15) is 14.7 Å². The van der Waals surface area contributed by atoms with E-state index in [0.29, 0.717) is 51.9 Å². The van der Waals surface area contributed by atoms with Gasteiger partial charge in [-0.05, 0) is 19.3 Å². The first-order chi connectivity index (χ1) is 12.5. The van der Waals surface area contributed by atoms with Crippen LogP contribution in [0.5, 0.6) is 0 Å². The fraction of sp³-hybridized carbons (Fsp3) is 0.722. The number of imidazole rings is 1. The van der Waals surface area contributed by atoms with E-state index in [-0.39, 0.29) is 17.9 Å². The monoisotopic (exact) mass is 361 g/mol. The van der Waals surface area contributed by atoms with Crippen molar-refractivity contribution in [2.75, 3.05) is 26.2 Å². The zero-order chi connectivity index (χ0) is 18.3. The molecule has 1 aromatic rings. The molecule has 0 unspecified atom stereocenters. The van der Waals surface area contributed by atoms with Crippen LogP contribution in [0.3, 0.4) is 0 Å². The maximum absolute atomic E-state index is 12.7. The van der Waals surface area contributed by atoms with Crippen molar-refractivity contribution in [1.82, 2.24) is 25.1 Å². The van der Waals surface area contributed by atoms with Gasteiger partial charge in [-0.25, -0.2) is 4.98 Å². The van der Waals surface area contributed by atoms with Crippen LogP contribution in [0.25, 0.3) is 0 Å². The normalized spacial score (nSPS) is 27.6. The Bertz CT molecular complexity index is 695. The van der Waals surface area contributed by atoms with E-state index in [4.69, 9.17) is 0 Å². The number of rotatable bonds is 2. The standard InChI is InChI=1S/C18H27N5O3/c1-2-15(25)23-6-3-13-16(21-11-20-13)18(23)4-7-22(8-5-18)17(26)14-9-12(24)10-19-14/h11-12,14,19,24H,2-10H2,1H3,(H,20,21)/t12-,14+/m1/s1.